The van der Waals surface area contributed by atoms with Crippen LogP contribution in [0.3, 0.4) is 0 Å². The SMILES string of the molecule is Cc1cc(N2CCC(Nc3ccc(S(=O)(=O)C(F)F)cc3)CC2)nc(C)n1. The number of benzene rings is 1. The van der Waals surface area contributed by atoms with Gasteiger partial charge in [-0.15, -0.1) is 0 Å². The number of piperidine rings is 1. The summed E-state index contributed by atoms with van der Waals surface area (Å²) >= 11 is 0. The molecule has 0 bridgehead atoms. The van der Waals surface area contributed by atoms with E-state index in [4.69, 9.17) is 0 Å². The van der Waals surface area contributed by atoms with Gasteiger partial charge < -0.3 is 10.2 Å². The van der Waals surface area contributed by atoms with Gasteiger partial charge in [-0.05, 0) is 51.0 Å². The van der Waals surface area contributed by atoms with Gasteiger partial charge in [-0.2, -0.15) is 8.78 Å². The smallest absolute Gasteiger partial charge is 0.341 e. The summed E-state index contributed by atoms with van der Waals surface area (Å²) in [6.07, 6.45) is 1.78. The Bertz CT molecular complexity index is 876. The molecule has 0 spiro atoms. The molecule has 1 aromatic carbocycles. The van der Waals surface area contributed by atoms with Crippen molar-refractivity contribution in [3.8, 4) is 0 Å². The molecule has 0 unspecified atom stereocenters. The van der Waals surface area contributed by atoms with E-state index in [1.165, 1.54) is 24.3 Å². The van der Waals surface area contributed by atoms with Crippen molar-refractivity contribution in [2.24, 2.45) is 0 Å². The molecular weight excluding hydrogens is 374 g/mol. The van der Waals surface area contributed by atoms with Crippen LogP contribution in [0.2, 0.25) is 0 Å². The molecule has 1 aromatic heterocycles. The lowest BCUT2D eigenvalue weighted by molar-refractivity contribution is 0.234. The molecule has 0 saturated carbocycles. The Morgan fingerprint density at radius 3 is 2.30 bits per heavy atom. The third-order valence-corrected chi connectivity index (χ3v) is 5.96. The molecule has 0 amide bonds. The van der Waals surface area contributed by atoms with Crippen molar-refractivity contribution >= 4 is 21.3 Å². The minimum absolute atomic E-state index is 0.225. The molecule has 1 saturated heterocycles. The molecule has 0 radical (unpaired) electrons. The summed E-state index contributed by atoms with van der Waals surface area (Å²) in [4.78, 5) is 10.6. The highest BCUT2D eigenvalue weighted by Gasteiger charge is 2.26. The maximum atomic E-state index is 12.6. The van der Waals surface area contributed by atoms with Crippen molar-refractivity contribution in [1.82, 2.24) is 9.97 Å². The number of aryl methyl sites for hydroxylation is 2. The summed E-state index contributed by atoms with van der Waals surface area (Å²) < 4.78 is 48.1. The molecule has 0 aliphatic carbocycles. The number of anilines is 2. The van der Waals surface area contributed by atoms with Crippen LogP contribution in [0.5, 0.6) is 0 Å². The third-order valence-electron chi connectivity index (χ3n) is 4.56. The topological polar surface area (TPSA) is 75.2 Å². The van der Waals surface area contributed by atoms with E-state index in [0.717, 1.165) is 49.0 Å². The lowest BCUT2D eigenvalue weighted by Crippen LogP contribution is -2.39. The van der Waals surface area contributed by atoms with Crippen LogP contribution < -0.4 is 10.2 Å². The second kappa shape index (κ2) is 7.75. The quantitative estimate of drug-likeness (QED) is 0.837. The van der Waals surface area contributed by atoms with Crippen molar-refractivity contribution < 1.29 is 17.2 Å². The fraction of sp³-hybridized carbons (Fsp3) is 0.444. The van der Waals surface area contributed by atoms with Crippen LogP contribution >= 0.6 is 0 Å². The molecule has 146 valence electrons. The van der Waals surface area contributed by atoms with Crippen LogP contribution in [0.15, 0.2) is 35.2 Å². The van der Waals surface area contributed by atoms with Gasteiger partial charge >= 0.3 is 5.76 Å². The van der Waals surface area contributed by atoms with Gasteiger partial charge in [0.1, 0.15) is 11.6 Å². The van der Waals surface area contributed by atoms with Gasteiger partial charge in [-0.3, -0.25) is 0 Å². The molecule has 6 nitrogen and oxygen atoms in total. The van der Waals surface area contributed by atoms with Crippen LogP contribution in [0, 0.1) is 13.8 Å². The molecule has 1 aliphatic heterocycles. The maximum absolute atomic E-state index is 12.6. The van der Waals surface area contributed by atoms with Crippen molar-refractivity contribution in [2.75, 3.05) is 23.3 Å². The normalized spacial score (nSPS) is 16.0. The van der Waals surface area contributed by atoms with Crippen LogP contribution in [0.25, 0.3) is 0 Å². The molecule has 1 N–H and O–H groups in total. The molecule has 27 heavy (non-hydrogen) atoms. The number of hydrogen-bond acceptors (Lipinski definition) is 6. The molecule has 0 atom stereocenters. The van der Waals surface area contributed by atoms with E-state index in [1.807, 2.05) is 19.9 Å². The average molecular weight is 396 g/mol. The Hall–Kier alpha value is -2.29. The summed E-state index contributed by atoms with van der Waals surface area (Å²) in [6.45, 7) is 5.50. The lowest BCUT2D eigenvalue weighted by Gasteiger charge is -2.33. The fourth-order valence-corrected chi connectivity index (χ4v) is 3.91. The van der Waals surface area contributed by atoms with Crippen LogP contribution in [-0.4, -0.2) is 43.3 Å². The van der Waals surface area contributed by atoms with E-state index in [9.17, 15) is 17.2 Å². The summed E-state index contributed by atoms with van der Waals surface area (Å²) in [5.41, 5.74) is 1.66. The van der Waals surface area contributed by atoms with Crippen molar-refractivity contribution in [3.63, 3.8) is 0 Å². The Labute approximate surface area is 157 Å². The standard InChI is InChI=1S/C18H22F2N4O2S/c1-12-11-17(22-13(2)21-12)24-9-7-15(8-10-24)23-14-3-5-16(6-4-14)27(25,26)18(19)20/h3-6,11,15,18,23H,7-10H2,1-2H3. The zero-order chi connectivity index (χ0) is 19.6. The first-order valence-corrected chi connectivity index (χ1v) is 10.3. The first-order chi connectivity index (χ1) is 12.8. The van der Waals surface area contributed by atoms with Gasteiger partial charge in [-0.1, -0.05) is 0 Å². The van der Waals surface area contributed by atoms with Crippen molar-refractivity contribution in [2.45, 2.75) is 43.4 Å². The van der Waals surface area contributed by atoms with Gasteiger partial charge in [0.15, 0.2) is 0 Å². The highest BCUT2D eigenvalue weighted by Crippen LogP contribution is 2.23. The monoisotopic (exact) mass is 396 g/mol. The molecule has 1 aliphatic rings. The highest BCUT2D eigenvalue weighted by molar-refractivity contribution is 7.91. The molecule has 2 aromatic rings. The Morgan fingerprint density at radius 2 is 1.74 bits per heavy atom. The number of nitrogens with zero attached hydrogens (tertiary/aromatic N) is 3. The predicted molar refractivity (Wildman–Crippen MR) is 100.0 cm³/mol. The number of halogens is 2. The minimum atomic E-state index is -4.55. The highest BCUT2D eigenvalue weighted by atomic mass is 32.2. The summed E-state index contributed by atoms with van der Waals surface area (Å²) in [5, 5.41) is 3.34. The Kier molecular flexibility index (Phi) is 5.59. The van der Waals surface area contributed by atoms with Crippen LogP contribution in [0.4, 0.5) is 20.3 Å². The van der Waals surface area contributed by atoms with Crippen LogP contribution in [-0.2, 0) is 9.84 Å². The molecule has 3 rings (SSSR count). The third kappa shape index (κ3) is 4.52. The summed E-state index contributed by atoms with van der Waals surface area (Å²) in [5.74, 6) is -1.72. The summed E-state index contributed by atoms with van der Waals surface area (Å²) in [6, 6.07) is 7.68. The second-order valence-corrected chi connectivity index (χ2v) is 8.57. The van der Waals surface area contributed by atoms with E-state index >= 15 is 0 Å². The first-order valence-electron chi connectivity index (χ1n) is 8.71. The van der Waals surface area contributed by atoms with Gasteiger partial charge in [0.25, 0.3) is 0 Å². The van der Waals surface area contributed by atoms with Gasteiger partial charge in [0.05, 0.1) is 4.90 Å². The molecular formula is C18H22F2N4O2S. The molecule has 1 fully saturated rings. The van der Waals surface area contributed by atoms with Gasteiger partial charge in [0, 0.05) is 36.6 Å². The van der Waals surface area contributed by atoms with Gasteiger partial charge in [0.2, 0.25) is 9.84 Å². The lowest BCUT2D eigenvalue weighted by atomic mass is 10.0. The second-order valence-electron chi connectivity index (χ2n) is 6.65. The predicted octanol–water partition coefficient (Wildman–Crippen LogP) is 3.17. The average Bonchev–Trinajstić information content (AvgIpc) is 2.62. The van der Waals surface area contributed by atoms with Crippen molar-refractivity contribution in [3.05, 3.63) is 41.9 Å². The number of alkyl halides is 2. The van der Waals surface area contributed by atoms with E-state index in [-0.39, 0.29) is 10.9 Å². The fourth-order valence-electron chi connectivity index (χ4n) is 3.19. The van der Waals surface area contributed by atoms with E-state index in [0.29, 0.717) is 0 Å². The number of aromatic nitrogens is 2. The van der Waals surface area contributed by atoms with Gasteiger partial charge in [-0.25, -0.2) is 18.4 Å². The number of sulfone groups is 1. The zero-order valence-corrected chi connectivity index (χ0v) is 16.0. The maximum Gasteiger partial charge on any atom is 0.341 e. The van der Waals surface area contributed by atoms with E-state index < -0.39 is 15.6 Å². The van der Waals surface area contributed by atoms with E-state index in [2.05, 4.69) is 20.2 Å². The zero-order valence-electron chi connectivity index (χ0n) is 15.2. The van der Waals surface area contributed by atoms with E-state index in [1.54, 1.807) is 0 Å². The Balaban J connectivity index is 1.59. The minimum Gasteiger partial charge on any atom is -0.382 e. The number of rotatable bonds is 5. The first kappa shape index (κ1) is 19.5. The Morgan fingerprint density at radius 1 is 1.11 bits per heavy atom. The number of hydrogen-bond donors (Lipinski definition) is 1. The number of nitrogens with one attached hydrogen (secondary N) is 1. The van der Waals surface area contributed by atoms with Crippen molar-refractivity contribution in [1.29, 1.82) is 0 Å². The molecule has 2 heterocycles. The largest absolute Gasteiger partial charge is 0.382 e. The summed E-state index contributed by atoms with van der Waals surface area (Å²) in [7, 11) is -4.55. The molecule has 9 heteroatoms. The van der Waals surface area contributed by atoms with Crippen LogP contribution in [0.1, 0.15) is 24.4 Å².